The van der Waals surface area contributed by atoms with Gasteiger partial charge in [-0.25, -0.2) is 0 Å². The highest BCUT2D eigenvalue weighted by molar-refractivity contribution is 7.13. The molecule has 0 saturated carbocycles. The van der Waals surface area contributed by atoms with E-state index >= 15 is 0 Å². The van der Waals surface area contributed by atoms with Crippen LogP contribution in [0.1, 0.15) is 11.1 Å². The van der Waals surface area contributed by atoms with Gasteiger partial charge in [-0.15, -0.1) is 11.3 Å². The van der Waals surface area contributed by atoms with Crippen LogP contribution in [0.4, 0.5) is 0 Å². The molecule has 2 aromatic carbocycles. The molecule has 0 spiro atoms. The lowest BCUT2D eigenvalue weighted by Gasteiger charge is -2.11. The molecular formula is C20H14Cl2O2S. The monoisotopic (exact) mass is 388 g/mol. The number of rotatable bonds is 5. The molecule has 0 N–H and O–H groups in total. The molecule has 0 unspecified atom stereocenters. The summed E-state index contributed by atoms with van der Waals surface area (Å²) in [5, 5.41) is 2.99. The maximum Gasteiger partial charge on any atom is 0.150 e. The van der Waals surface area contributed by atoms with Crippen LogP contribution in [0, 0.1) is 0 Å². The van der Waals surface area contributed by atoms with E-state index in [-0.39, 0.29) is 0 Å². The first-order chi connectivity index (χ1) is 12.1. The molecule has 2 nitrogen and oxygen atoms in total. The van der Waals surface area contributed by atoms with Gasteiger partial charge in [-0.2, -0.15) is 0 Å². The molecule has 0 amide bonds. The first-order valence-electron chi connectivity index (χ1n) is 7.47. The average Bonchev–Trinajstić information content (AvgIpc) is 3.16. The highest BCUT2D eigenvalue weighted by Gasteiger charge is 2.13. The van der Waals surface area contributed by atoms with Crippen LogP contribution in [-0.2, 0) is 4.79 Å². The van der Waals surface area contributed by atoms with Crippen molar-refractivity contribution in [2.45, 2.75) is 0 Å². The lowest BCUT2D eigenvalue weighted by atomic mass is 10.00. The number of allylic oxidation sites excluding steroid dienone is 1. The van der Waals surface area contributed by atoms with Crippen LogP contribution in [0.3, 0.4) is 0 Å². The lowest BCUT2D eigenvalue weighted by Crippen LogP contribution is -1.94. The van der Waals surface area contributed by atoms with Gasteiger partial charge in [0, 0.05) is 31.6 Å². The van der Waals surface area contributed by atoms with Crippen molar-refractivity contribution in [2.24, 2.45) is 0 Å². The fraction of sp³-hybridized carbons (Fsp3) is 0.0500. The van der Waals surface area contributed by atoms with E-state index in [1.165, 1.54) is 0 Å². The Labute approximate surface area is 160 Å². The average molecular weight is 389 g/mol. The smallest absolute Gasteiger partial charge is 0.150 e. The topological polar surface area (TPSA) is 26.3 Å². The molecular weight excluding hydrogens is 375 g/mol. The van der Waals surface area contributed by atoms with E-state index in [1.807, 2.05) is 35.7 Å². The number of carbonyl (C=O) groups excluding carboxylic acids is 1. The Kier molecular flexibility index (Phi) is 5.59. The fourth-order valence-electron chi connectivity index (χ4n) is 2.51. The Morgan fingerprint density at radius 1 is 1.08 bits per heavy atom. The van der Waals surface area contributed by atoms with Crippen molar-refractivity contribution in [1.29, 1.82) is 0 Å². The Morgan fingerprint density at radius 2 is 1.84 bits per heavy atom. The van der Waals surface area contributed by atoms with Gasteiger partial charge in [0.1, 0.15) is 5.75 Å². The van der Waals surface area contributed by atoms with E-state index in [0.717, 1.165) is 16.7 Å². The standard InChI is InChI=1S/C20H14Cl2O2S/c1-24-19-8-7-13(20-6-3-9-25-20)10-15(19)14(12-23)11-16-17(21)4-2-5-18(16)22/h2-12H,1H3/b14-11+. The summed E-state index contributed by atoms with van der Waals surface area (Å²) in [6.07, 6.45) is 2.48. The largest absolute Gasteiger partial charge is 0.496 e. The molecule has 0 aliphatic carbocycles. The van der Waals surface area contributed by atoms with E-state index in [2.05, 4.69) is 0 Å². The third-order valence-electron chi connectivity index (χ3n) is 3.74. The summed E-state index contributed by atoms with van der Waals surface area (Å²) in [5.41, 5.74) is 2.77. The summed E-state index contributed by atoms with van der Waals surface area (Å²) in [6.45, 7) is 0. The molecule has 0 bridgehead atoms. The Balaban J connectivity index is 2.16. The van der Waals surface area contributed by atoms with E-state index in [0.29, 0.717) is 32.5 Å². The molecule has 0 fully saturated rings. The van der Waals surface area contributed by atoms with Crippen molar-refractivity contribution in [1.82, 2.24) is 0 Å². The predicted molar refractivity (Wildman–Crippen MR) is 107 cm³/mol. The molecule has 0 aliphatic heterocycles. The summed E-state index contributed by atoms with van der Waals surface area (Å²) in [7, 11) is 1.58. The van der Waals surface area contributed by atoms with E-state index < -0.39 is 0 Å². The molecule has 126 valence electrons. The molecule has 0 atom stereocenters. The number of thiophene rings is 1. The van der Waals surface area contributed by atoms with Crippen LogP contribution in [0.5, 0.6) is 5.75 Å². The number of benzene rings is 2. The number of hydrogen-bond donors (Lipinski definition) is 0. The van der Waals surface area contributed by atoms with Crippen LogP contribution in [0.25, 0.3) is 22.1 Å². The maximum absolute atomic E-state index is 11.8. The number of halogens is 2. The molecule has 1 heterocycles. The lowest BCUT2D eigenvalue weighted by molar-refractivity contribution is -0.103. The van der Waals surface area contributed by atoms with Crippen molar-refractivity contribution in [2.75, 3.05) is 7.11 Å². The van der Waals surface area contributed by atoms with Gasteiger partial charge >= 0.3 is 0 Å². The molecule has 1 aromatic heterocycles. The number of methoxy groups -OCH3 is 1. The van der Waals surface area contributed by atoms with Gasteiger partial charge in [0.15, 0.2) is 6.29 Å². The SMILES string of the molecule is COc1ccc(-c2cccs2)cc1/C(C=O)=C/c1c(Cl)cccc1Cl. The first-order valence-corrected chi connectivity index (χ1v) is 9.10. The minimum absolute atomic E-state index is 0.449. The molecule has 25 heavy (non-hydrogen) atoms. The second-order valence-electron chi connectivity index (χ2n) is 5.25. The van der Waals surface area contributed by atoms with Crippen LogP contribution in [-0.4, -0.2) is 13.4 Å². The van der Waals surface area contributed by atoms with Crippen molar-refractivity contribution >= 4 is 52.5 Å². The number of ether oxygens (including phenoxy) is 1. The number of carbonyl (C=O) groups is 1. The summed E-state index contributed by atoms with van der Waals surface area (Å²) in [6, 6.07) is 15.0. The minimum Gasteiger partial charge on any atom is -0.496 e. The van der Waals surface area contributed by atoms with Crippen molar-refractivity contribution in [3.8, 4) is 16.2 Å². The maximum atomic E-state index is 11.8. The van der Waals surface area contributed by atoms with E-state index in [1.54, 1.807) is 42.7 Å². The van der Waals surface area contributed by atoms with Gasteiger partial charge in [-0.3, -0.25) is 4.79 Å². The number of aldehydes is 1. The zero-order valence-corrected chi connectivity index (χ0v) is 15.7. The van der Waals surface area contributed by atoms with Gasteiger partial charge in [0.2, 0.25) is 0 Å². The van der Waals surface area contributed by atoms with Gasteiger partial charge in [0.05, 0.1) is 7.11 Å². The van der Waals surface area contributed by atoms with Gasteiger partial charge in [-0.05, 0) is 53.4 Å². The van der Waals surface area contributed by atoms with Crippen molar-refractivity contribution in [3.63, 3.8) is 0 Å². The highest BCUT2D eigenvalue weighted by Crippen LogP contribution is 2.35. The van der Waals surface area contributed by atoms with Crippen molar-refractivity contribution < 1.29 is 9.53 Å². The number of hydrogen-bond acceptors (Lipinski definition) is 3. The van der Waals surface area contributed by atoms with Crippen LogP contribution < -0.4 is 4.74 Å². The highest BCUT2D eigenvalue weighted by atomic mass is 35.5. The summed E-state index contributed by atoms with van der Waals surface area (Å²) < 4.78 is 5.44. The summed E-state index contributed by atoms with van der Waals surface area (Å²) in [4.78, 5) is 12.9. The molecule has 0 saturated heterocycles. The fourth-order valence-corrected chi connectivity index (χ4v) is 3.74. The molecule has 5 heteroatoms. The normalized spacial score (nSPS) is 11.4. The Hall–Kier alpha value is -2.07. The zero-order valence-electron chi connectivity index (χ0n) is 13.3. The van der Waals surface area contributed by atoms with Crippen LogP contribution in [0.2, 0.25) is 10.0 Å². The Bertz CT molecular complexity index is 911. The summed E-state index contributed by atoms with van der Waals surface area (Å²) in [5.74, 6) is 0.613. The third kappa shape index (κ3) is 3.79. The van der Waals surface area contributed by atoms with Gasteiger partial charge < -0.3 is 4.74 Å². The quantitative estimate of drug-likeness (QED) is 0.284. The zero-order chi connectivity index (χ0) is 17.8. The third-order valence-corrected chi connectivity index (χ3v) is 5.32. The molecule has 3 rings (SSSR count). The molecule has 3 aromatic rings. The van der Waals surface area contributed by atoms with Gasteiger partial charge in [-0.1, -0.05) is 35.3 Å². The minimum atomic E-state index is 0.449. The second-order valence-corrected chi connectivity index (χ2v) is 7.01. The first kappa shape index (κ1) is 17.7. The van der Waals surface area contributed by atoms with Gasteiger partial charge in [0.25, 0.3) is 0 Å². The summed E-state index contributed by atoms with van der Waals surface area (Å²) >= 11 is 14.1. The van der Waals surface area contributed by atoms with Crippen LogP contribution >= 0.6 is 34.5 Å². The predicted octanol–water partition coefficient (Wildman–Crippen LogP) is 6.47. The van der Waals surface area contributed by atoms with Crippen LogP contribution in [0.15, 0.2) is 53.9 Å². The van der Waals surface area contributed by atoms with Crippen molar-refractivity contribution in [3.05, 3.63) is 75.1 Å². The molecule has 0 aliphatic rings. The second kappa shape index (κ2) is 7.87. The van der Waals surface area contributed by atoms with E-state index in [4.69, 9.17) is 27.9 Å². The Morgan fingerprint density at radius 3 is 2.44 bits per heavy atom. The van der Waals surface area contributed by atoms with E-state index in [9.17, 15) is 4.79 Å². The molecule has 0 radical (unpaired) electrons.